The van der Waals surface area contributed by atoms with Gasteiger partial charge in [0.15, 0.2) is 0 Å². The molecule has 30 heavy (non-hydrogen) atoms. The first-order valence-electron chi connectivity index (χ1n) is 9.98. The van der Waals surface area contributed by atoms with Crippen molar-refractivity contribution >= 4 is 23.4 Å². The Labute approximate surface area is 180 Å². The number of hydrogen-bond donors (Lipinski definition) is 1. The largest absolute Gasteiger partial charge is 0.467 e. The summed E-state index contributed by atoms with van der Waals surface area (Å²) in [5.41, 5.74) is 2.10. The van der Waals surface area contributed by atoms with E-state index >= 15 is 0 Å². The van der Waals surface area contributed by atoms with Gasteiger partial charge in [-0.2, -0.15) is 0 Å². The molecular weight excluding hydrogens is 400 g/mol. The van der Waals surface area contributed by atoms with E-state index < -0.39 is 0 Å². The molecule has 1 fully saturated rings. The highest BCUT2D eigenvalue weighted by Gasteiger charge is 2.35. The average Bonchev–Trinajstić information content (AvgIpc) is 3.40. The van der Waals surface area contributed by atoms with Crippen LogP contribution >= 0.6 is 11.6 Å². The maximum atomic E-state index is 13.0. The lowest BCUT2D eigenvalue weighted by atomic mass is 9.97. The Hall–Kier alpha value is -3.05. The van der Waals surface area contributed by atoms with Crippen LogP contribution in [0.25, 0.3) is 0 Å². The van der Waals surface area contributed by atoms with Crippen molar-refractivity contribution in [3.8, 4) is 0 Å². The fourth-order valence-corrected chi connectivity index (χ4v) is 3.90. The van der Waals surface area contributed by atoms with E-state index in [0.717, 1.165) is 11.1 Å². The number of rotatable bonds is 7. The molecule has 0 bridgehead atoms. The van der Waals surface area contributed by atoms with Crippen LogP contribution in [0.5, 0.6) is 0 Å². The molecule has 1 saturated heterocycles. The first-order valence-corrected chi connectivity index (χ1v) is 10.4. The maximum absolute atomic E-state index is 13.0. The summed E-state index contributed by atoms with van der Waals surface area (Å²) >= 11 is 6.00. The van der Waals surface area contributed by atoms with E-state index in [1.54, 1.807) is 17.2 Å². The van der Waals surface area contributed by atoms with Crippen molar-refractivity contribution in [2.75, 3.05) is 6.54 Å². The average molecular weight is 423 g/mol. The summed E-state index contributed by atoms with van der Waals surface area (Å²) in [6.07, 6.45) is 2.44. The van der Waals surface area contributed by atoms with Gasteiger partial charge in [-0.05, 0) is 41.8 Å². The second kappa shape index (κ2) is 9.18. The highest BCUT2D eigenvalue weighted by molar-refractivity contribution is 6.30. The van der Waals surface area contributed by atoms with Crippen molar-refractivity contribution in [1.29, 1.82) is 0 Å². The summed E-state index contributed by atoms with van der Waals surface area (Å²) in [5, 5.41) is 3.84. The molecule has 1 aliphatic rings. The van der Waals surface area contributed by atoms with Gasteiger partial charge >= 0.3 is 0 Å². The number of amides is 2. The van der Waals surface area contributed by atoms with E-state index in [0.29, 0.717) is 30.3 Å². The zero-order valence-electron chi connectivity index (χ0n) is 16.5. The molecular formula is C24H23ClN2O3. The van der Waals surface area contributed by atoms with Crippen molar-refractivity contribution < 1.29 is 14.0 Å². The van der Waals surface area contributed by atoms with Gasteiger partial charge in [-0.15, -0.1) is 0 Å². The first kappa shape index (κ1) is 20.2. The molecule has 1 N–H and O–H groups in total. The van der Waals surface area contributed by atoms with E-state index in [1.165, 1.54) is 0 Å². The second-order valence-corrected chi connectivity index (χ2v) is 7.99. The number of nitrogens with zero attached hydrogens (tertiary/aromatic N) is 1. The highest BCUT2D eigenvalue weighted by Crippen LogP contribution is 2.24. The monoisotopic (exact) mass is 422 g/mol. The Balaban J connectivity index is 1.45. The first-order chi connectivity index (χ1) is 14.6. The Kier molecular flexibility index (Phi) is 6.19. The van der Waals surface area contributed by atoms with Crippen LogP contribution in [0.4, 0.5) is 0 Å². The highest BCUT2D eigenvalue weighted by atomic mass is 35.5. The second-order valence-electron chi connectivity index (χ2n) is 7.56. The van der Waals surface area contributed by atoms with Gasteiger partial charge in [0.25, 0.3) is 0 Å². The van der Waals surface area contributed by atoms with Gasteiger partial charge in [0, 0.05) is 18.0 Å². The zero-order chi connectivity index (χ0) is 20.9. The standard InChI is InChI=1S/C24H23ClN2O3/c25-20-10-8-17(9-11-20)13-22(18-5-2-1-3-6-18)26-24(29)19-14-23(28)27(15-19)16-21-7-4-12-30-21/h1-12,19,22H,13-16H2,(H,26,29). The molecule has 2 amide bonds. The zero-order valence-corrected chi connectivity index (χ0v) is 17.2. The number of nitrogens with one attached hydrogen (secondary N) is 1. The number of halogens is 1. The number of likely N-dealkylation sites (tertiary alicyclic amines) is 1. The number of furan rings is 1. The summed E-state index contributed by atoms with van der Waals surface area (Å²) in [6, 6.07) is 20.9. The number of carbonyl (C=O) groups excluding carboxylic acids is 2. The molecule has 0 aliphatic carbocycles. The lowest BCUT2D eigenvalue weighted by Crippen LogP contribution is -2.36. The Morgan fingerprint density at radius 3 is 2.57 bits per heavy atom. The molecule has 0 radical (unpaired) electrons. The number of benzene rings is 2. The molecule has 1 aliphatic heterocycles. The molecule has 3 aromatic rings. The predicted octanol–water partition coefficient (Wildman–Crippen LogP) is 4.38. The minimum Gasteiger partial charge on any atom is -0.467 e. The third kappa shape index (κ3) is 4.92. The molecule has 2 heterocycles. The van der Waals surface area contributed by atoms with Gasteiger partial charge in [-0.3, -0.25) is 9.59 Å². The van der Waals surface area contributed by atoms with Crippen molar-refractivity contribution in [2.45, 2.75) is 25.4 Å². The van der Waals surface area contributed by atoms with Gasteiger partial charge in [0.2, 0.25) is 11.8 Å². The summed E-state index contributed by atoms with van der Waals surface area (Å²) in [4.78, 5) is 27.1. The molecule has 5 nitrogen and oxygen atoms in total. The van der Waals surface area contributed by atoms with Crippen LogP contribution in [0.1, 0.15) is 29.3 Å². The van der Waals surface area contributed by atoms with E-state index in [4.69, 9.17) is 16.0 Å². The lowest BCUT2D eigenvalue weighted by Gasteiger charge is -2.22. The van der Waals surface area contributed by atoms with Crippen LogP contribution < -0.4 is 5.32 Å². The Morgan fingerprint density at radius 2 is 1.87 bits per heavy atom. The van der Waals surface area contributed by atoms with Crippen LogP contribution in [-0.4, -0.2) is 23.3 Å². The molecule has 1 aromatic heterocycles. The van der Waals surface area contributed by atoms with Crippen LogP contribution in [0.2, 0.25) is 5.02 Å². The molecule has 4 rings (SSSR count). The smallest absolute Gasteiger partial charge is 0.225 e. The predicted molar refractivity (Wildman–Crippen MR) is 115 cm³/mol. The van der Waals surface area contributed by atoms with Crippen LogP contribution in [0.15, 0.2) is 77.4 Å². The van der Waals surface area contributed by atoms with E-state index in [-0.39, 0.29) is 30.2 Å². The van der Waals surface area contributed by atoms with Gasteiger partial charge in [-0.25, -0.2) is 0 Å². The van der Waals surface area contributed by atoms with Crippen molar-refractivity contribution in [2.24, 2.45) is 5.92 Å². The van der Waals surface area contributed by atoms with E-state index in [1.807, 2.05) is 60.7 Å². The third-order valence-electron chi connectivity index (χ3n) is 5.38. The summed E-state index contributed by atoms with van der Waals surface area (Å²) in [7, 11) is 0. The SMILES string of the molecule is O=C(NC(Cc1ccc(Cl)cc1)c1ccccc1)C1CC(=O)N(Cc2ccco2)C1. The maximum Gasteiger partial charge on any atom is 0.225 e. The van der Waals surface area contributed by atoms with E-state index in [9.17, 15) is 9.59 Å². The van der Waals surface area contributed by atoms with Crippen LogP contribution in [-0.2, 0) is 22.6 Å². The molecule has 154 valence electrons. The Morgan fingerprint density at radius 1 is 1.10 bits per heavy atom. The fraction of sp³-hybridized carbons (Fsp3) is 0.250. The van der Waals surface area contributed by atoms with Crippen molar-refractivity contribution in [3.05, 3.63) is 94.9 Å². The Bertz CT molecular complexity index is 987. The minimum atomic E-state index is -0.371. The summed E-state index contributed by atoms with van der Waals surface area (Å²) in [5.74, 6) is 0.215. The number of hydrogen-bond acceptors (Lipinski definition) is 3. The lowest BCUT2D eigenvalue weighted by molar-refractivity contribution is -0.129. The molecule has 6 heteroatoms. The molecule has 0 saturated carbocycles. The molecule has 2 aromatic carbocycles. The summed E-state index contributed by atoms with van der Waals surface area (Å²) in [6.45, 7) is 0.788. The number of carbonyl (C=O) groups is 2. The van der Waals surface area contributed by atoms with Crippen LogP contribution in [0, 0.1) is 5.92 Å². The van der Waals surface area contributed by atoms with E-state index in [2.05, 4.69) is 5.32 Å². The van der Waals surface area contributed by atoms with Gasteiger partial charge in [-0.1, -0.05) is 54.1 Å². The fourth-order valence-electron chi connectivity index (χ4n) is 3.77. The quantitative estimate of drug-likeness (QED) is 0.614. The van der Waals surface area contributed by atoms with Gasteiger partial charge in [0.05, 0.1) is 24.8 Å². The van der Waals surface area contributed by atoms with Crippen molar-refractivity contribution in [3.63, 3.8) is 0 Å². The van der Waals surface area contributed by atoms with Gasteiger partial charge in [0.1, 0.15) is 5.76 Å². The molecule has 0 spiro atoms. The molecule has 2 unspecified atom stereocenters. The minimum absolute atomic E-state index is 0.0273. The van der Waals surface area contributed by atoms with Crippen LogP contribution in [0.3, 0.4) is 0 Å². The normalized spacial score (nSPS) is 17.2. The third-order valence-corrected chi connectivity index (χ3v) is 5.64. The molecule has 2 atom stereocenters. The van der Waals surface area contributed by atoms with Crippen molar-refractivity contribution in [1.82, 2.24) is 10.2 Å². The summed E-state index contributed by atoms with van der Waals surface area (Å²) < 4.78 is 5.33. The van der Waals surface area contributed by atoms with Gasteiger partial charge < -0.3 is 14.6 Å². The topological polar surface area (TPSA) is 62.6 Å².